The largest absolute Gasteiger partial charge is 0.497 e. The summed E-state index contributed by atoms with van der Waals surface area (Å²) in [5, 5.41) is 2.71. The zero-order valence-corrected chi connectivity index (χ0v) is 21.9. The number of ether oxygens (including phenoxy) is 3. The van der Waals surface area contributed by atoms with E-state index in [1.165, 1.54) is 33.5 Å². The molecule has 11 heteroatoms. The molecule has 200 valence electrons. The maximum absolute atomic E-state index is 13.2. The molecule has 3 rings (SSSR count). The molecule has 37 heavy (non-hydrogen) atoms. The number of carbonyl (C=O) groups excluding carboxylic acids is 2. The summed E-state index contributed by atoms with van der Waals surface area (Å²) < 4.78 is 43.0. The highest BCUT2D eigenvalue weighted by Gasteiger charge is 2.28. The van der Waals surface area contributed by atoms with Gasteiger partial charge in [-0.2, -0.15) is 4.31 Å². The van der Waals surface area contributed by atoms with Gasteiger partial charge in [0.05, 0.1) is 25.2 Å². The van der Waals surface area contributed by atoms with E-state index in [4.69, 9.17) is 14.2 Å². The third-order valence-corrected chi connectivity index (χ3v) is 7.81. The Hall–Kier alpha value is -3.41. The fourth-order valence-electron chi connectivity index (χ4n) is 3.70. The molecule has 0 aliphatic carbocycles. The van der Waals surface area contributed by atoms with Crippen LogP contribution in [-0.4, -0.2) is 82.0 Å². The summed E-state index contributed by atoms with van der Waals surface area (Å²) in [4.78, 5) is 27.3. The topological polar surface area (TPSA) is 114 Å². The monoisotopic (exact) mass is 531 g/mol. The van der Waals surface area contributed by atoms with Crippen molar-refractivity contribution in [2.75, 3.05) is 46.6 Å². The number of nitrogens with one attached hydrogen (secondary N) is 1. The van der Waals surface area contributed by atoms with Gasteiger partial charge in [0.25, 0.3) is 5.91 Å². The highest BCUT2D eigenvalue weighted by molar-refractivity contribution is 7.89. The molecule has 1 heterocycles. The summed E-state index contributed by atoms with van der Waals surface area (Å²) in [6.07, 6.45) is 1.56. The van der Waals surface area contributed by atoms with E-state index in [-0.39, 0.29) is 30.5 Å². The van der Waals surface area contributed by atoms with Crippen LogP contribution in [0.25, 0.3) is 0 Å². The first kappa shape index (κ1) is 28.2. The van der Waals surface area contributed by atoms with Gasteiger partial charge in [-0.3, -0.25) is 9.59 Å². The Labute approximate surface area is 217 Å². The number of morpholine rings is 1. The second kappa shape index (κ2) is 13.2. The minimum atomic E-state index is -3.63. The van der Waals surface area contributed by atoms with Gasteiger partial charge in [-0.05, 0) is 48.9 Å². The van der Waals surface area contributed by atoms with Crippen LogP contribution in [0.1, 0.15) is 12.5 Å². The van der Waals surface area contributed by atoms with Gasteiger partial charge in [-0.15, -0.1) is 6.58 Å². The molecule has 1 aliphatic heterocycles. The molecule has 10 nitrogen and oxygen atoms in total. The first-order valence-electron chi connectivity index (χ1n) is 11.9. The molecule has 0 spiro atoms. The number of nitrogens with zero attached hydrogens (tertiary/aromatic N) is 2. The fraction of sp³-hybridized carbons (Fsp3) is 0.385. The Balaban J connectivity index is 1.68. The van der Waals surface area contributed by atoms with Gasteiger partial charge >= 0.3 is 0 Å². The van der Waals surface area contributed by atoms with Crippen molar-refractivity contribution in [3.05, 3.63) is 66.7 Å². The van der Waals surface area contributed by atoms with E-state index >= 15 is 0 Å². The number of methoxy groups -OCH3 is 1. The molecule has 1 N–H and O–H groups in total. The van der Waals surface area contributed by atoms with E-state index in [1.54, 1.807) is 32.2 Å². The van der Waals surface area contributed by atoms with Crippen molar-refractivity contribution in [2.45, 2.75) is 24.4 Å². The Bertz CT molecular complexity index is 1160. The van der Waals surface area contributed by atoms with Crippen molar-refractivity contribution in [1.29, 1.82) is 0 Å². The lowest BCUT2D eigenvalue weighted by atomic mass is 10.1. The molecule has 2 aromatic rings. The van der Waals surface area contributed by atoms with Gasteiger partial charge in [-0.1, -0.05) is 18.2 Å². The Morgan fingerprint density at radius 1 is 1.11 bits per heavy atom. The summed E-state index contributed by atoms with van der Waals surface area (Å²) in [6.45, 7) is 6.70. The smallest absolute Gasteiger partial charge is 0.261 e. The summed E-state index contributed by atoms with van der Waals surface area (Å²) >= 11 is 0. The Kier molecular flexibility index (Phi) is 10.1. The molecule has 2 aromatic carbocycles. The predicted octanol–water partition coefficient (Wildman–Crippen LogP) is 1.81. The lowest BCUT2D eigenvalue weighted by molar-refractivity contribution is -0.142. The van der Waals surface area contributed by atoms with Crippen molar-refractivity contribution in [2.24, 2.45) is 0 Å². The van der Waals surface area contributed by atoms with E-state index < -0.39 is 22.0 Å². The van der Waals surface area contributed by atoms with Crippen LogP contribution in [0.5, 0.6) is 11.5 Å². The molecular formula is C26H33N3O7S. The number of benzene rings is 2. The average Bonchev–Trinajstić information content (AvgIpc) is 2.94. The normalized spacial score (nSPS) is 14.9. The number of sulfonamides is 1. The highest BCUT2D eigenvalue weighted by Crippen LogP contribution is 2.21. The molecule has 0 saturated carbocycles. The molecule has 2 amide bonds. The van der Waals surface area contributed by atoms with Crippen molar-refractivity contribution in [3.8, 4) is 11.5 Å². The van der Waals surface area contributed by atoms with Crippen LogP contribution in [0, 0.1) is 0 Å². The Morgan fingerprint density at radius 2 is 1.73 bits per heavy atom. The second-order valence-electron chi connectivity index (χ2n) is 8.36. The minimum Gasteiger partial charge on any atom is -0.497 e. The van der Waals surface area contributed by atoms with Crippen LogP contribution in [0.2, 0.25) is 0 Å². The molecule has 1 fully saturated rings. The van der Waals surface area contributed by atoms with Crippen LogP contribution < -0.4 is 14.8 Å². The Morgan fingerprint density at radius 3 is 2.32 bits per heavy atom. The van der Waals surface area contributed by atoms with Crippen LogP contribution in [0.3, 0.4) is 0 Å². The quantitative estimate of drug-likeness (QED) is 0.416. The SMILES string of the molecule is C=CCNC(=O)[C@H](C)N(Cc1ccc(OC)cc1)C(=O)COc1ccc(S(=O)(=O)N2CCOCC2)cc1. The molecular weight excluding hydrogens is 498 g/mol. The van der Waals surface area contributed by atoms with E-state index in [2.05, 4.69) is 11.9 Å². The molecule has 0 radical (unpaired) electrons. The second-order valence-corrected chi connectivity index (χ2v) is 10.3. The molecule has 0 bridgehead atoms. The standard InChI is InChI=1S/C26H33N3O7S/c1-4-13-27-26(31)20(2)29(18-21-5-7-22(34-3)8-6-21)25(30)19-36-23-9-11-24(12-10-23)37(32,33)28-14-16-35-17-15-28/h4-12,20H,1,13-19H2,2-3H3,(H,27,31)/t20-/m0/s1. The van der Waals surface area contributed by atoms with E-state index in [1.807, 2.05) is 12.1 Å². The first-order valence-corrected chi connectivity index (χ1v) is 13.3. The maximum Gasteiger partial charge on any atom is 0.261 e. The van der Waals surface area contributed by atoms with Gasteiger partial charge in [-0.25, -0.2) is 8.42 Å². The fourth-order valence-corrected chi connectivity index (χ4v) is 5.11. The zero-order chi connectivity index (χ0) is 26.8. The average molecular weight is 532 g/mol. The third-order valence-electron chi connectivity index (χ3n) is 5.89. The predicted molar refractivity (Wildman–Crippen MR) is 138 cm³/mol. The van der Waals surface area contributed by atoms with Crippen molar-refractivity contribution in [1.82, 2.24) is 14.5 Å². The van der Waals surface area contributed by atoms with Crippen LogP contribution in [0.4, 0.5) is 0 Å². The number of hydrogen-bond donors (Lipinski definition) is 1. The zero-order valence-electron chi connectivity index (χ0n) is 21.1. The highest BCUT2D eigenvalue weighted by atomic mass is 32.2. The van der Waals surface area contributed by atoms with E-state index in [0.717, 1.165) is 5.56 Å². The molecule has 1 aliphatic rings. The van der Waals surface area contributed by atoms with Crippen LogP contribution in [-0.2, 0) is 30.9 Å². The number of rotatable bonds is 12. The molecule has 1 saturated heterocycles. The third kappa shape index (κ3) is 7.54. The van der Waals surface area contributed by atoms with E-state index in [0.29, 0.717) is 37.8 Å². The molecule has 0 unspecified atom stereocenters. The lowest BCUT2D eigenvalue weighted by Gasteiger charge is -2.28. The number of carbonyl (C=O) groups is 2. The van der Waals surface area contributed by atoms with E-state index in [9.17, 15) is 18.0 Å². The summed E-state index contributed by atoms with van der Waals surface area (Å²) in [5.41, 5.74) is 0.815. The summed E-state index contributed by atoms with van der Waals surface area (Å²) in [6, 6.07) is 12.4. The number of amides is 2. The van der Waals surface area contributed by atoms with Crippen molar-refractivity contribution < 1.29 is 32.2 Å². The van der Waals surface area contributed by atoms with Crippen LogP contribution >= 0.6 is 0 Å². The van der Waals surface area contributed by atoms with Gasteiger partial charge in [0, 0.05) is 26.2 Å². The number of hydrogen-bond acceptors (Lipinski definition) is 7. The molecule has 1 atom stereocenters. The molecule has 0 aromatic heterocycles. The van der Waals surface area contributed by atoms with Gasteiger partial charge in [0.1, 0.15) is 17.5 Å². The first-order chi connectivity index (χ1) is 17.8. The van der Waals surface area contributed by atoms with Gasteiger partial charge < -0.3 is 24.4 Å². The maximum atomic E-state index is 13.2. The van der Waals surface area contributed by atoms with Gasteiger partial charge in [0.2, 0.25) is 15.9 Å². The van der Waals surface area contributed by atoms with Crippen LogP contribution in [0.15, 0.2) is 66.1 Å². The lowest BCUT2D eigenvalue weighted by Crippen LogP contribution is -2.49. The van der Waals surface area contributed by atoms with Gasteiger partial charge in [0.15, 0.2) is 6.61 Å². The summed E-state index contributed by atoms with van der Waals surface area (Å²) in [5.74, 6) is 0.296. The summed E-state index contributed by atoms with van der Waals surface area (Å²) in [7, 11) is -2.06. The van der Waals surface area contributed by atoms with Crippen molar-refractivity contribution >= 4 is 21.8 Å². The minimum absolute atomic E-state index is 0.140. The van der Waals surface area contributed by atoms with Crippen molar-refractivity contribution in [3.63, 3.8) is 0 Å².